The van der Waals surface area contributed by atoms with Gasteiger partial charge < -0.3 is 20.7 Å². The van der Waals surface area contributed by atoms with Crippen LogP contribution >= 0.6 is 0 Å². The molecule has 0 aromatic heterocycles. The summed E-state index contributed by atoms with van der Waals surface area (Å²) in [4.78, 5) is 15.9. The van der Waals surface area contributed by atoms with Gasteiger partial charge in [0.05, 0.1) is 0 Å². The van der Waals surface area contributed by atoms with Gasteiger partial charge in [0.15, 0.2) is 5.96 Å². The van der Waals surface area contributed by atoms with Crippen LogP contribution in [-0.2, 0) is 16.1 Å². The van der Waals surface area contributed by atoms with Crippen LogP contribution in [0.5, 0.6) is 0 Å². The maximum atomic E-state index is 11.7. The third kappa shape index (κ3) is 7.87. The summed E-state index contributed by atoms with van der Waals surface area (Å²) in [5, 5.41) is 9.48. The molecule has 6 heteroatoms. The summed E-state index contributed by atoms with van der Waals surface area (Å²) in [6.45, 7) is 6.99. The van der Waals surface area contributed by atoms with Crippen molar-refractivity contribution in [3.8, 4) is 0 Å². The Morgan fingerprint density at radius 3 is 2.58 bits per heavy atom. The second kappa shape index (κ2) is 10.8. The van der Waals surface area contributed by atoms with Gasteiger partial charge in [0.2, 0.25) is 5.91 Å². The highest BCUT2D eigenvalue weighted by Crippen LogP contribution is 2.28. The first-order chi connectivity index (χ1) is 12.6. The first-order valence-corrected chi connectivity index (χ1v) is 9.50. The lowest BCUT2D eigenvalue weighted by atomic mass is 10.1. The molecule has 0 aliphatic heterocycles. The Kier molecular flexibility index (Phi) is 8.41. The smallest absolute Gasteiger partial charge is 0.226 e. The fourth-order valence-electron chi connectivity index (χ4n) is 2.31. The number of aliphatic imine (C=N–C) groups is 1. The number of guanidine groups is 1. The molecule has 0 atom stereocenters. The summed E-state index contributed by atoms with van der Waals surface area (Å²) < 4.78 is 5.63. The summed E-state index contributed by atoms with van der Waals surface area (Å²) in [7, 11) is 1.77. The Morgan fingerprint density at radius 2 is 1.96 bits per heavy atom. The standard InChI is InChI=1S/C20H32N4O2/c1-15(2)19(25)24-18-9-7-16(8-10-18)13-23-20(21-3)22-11-4-12-26-14-17-5-6-17/h7-10,15,17H,4-6,11-14H2,1-3H3,(H,24,25)(H2,21,22,23). The number of anilines is 1. The summed E-state index contributed by atoms with van der Waals surface area (Å²) >= 11 is 0. The summed E-state index contributed by atoms with van der Waals surface area (Å²) in [6.07, 6.45) is 3.64. The number of hydrogen-bond acceptors (Lipinski definition) is 3. The predicted octanol–water partition coefficient (Wildman–Crippen LogP) is 2.76. The molecule has 0 spiro atoms. The van der Waals surface area contributed by atoms with Gasteiger partial charge in [0.1, 0.15) is 0 Å². The second-order valence-electron chi connectivity index (χ2n) is 7.07. The molecule has 0 radical (unpaired) electrons. The van der Waals surface area contributed by atoms with Crippen LogP contribution in [0, 0.1) is 11.8 Å². The minimum atomic E-state index is -0.0233. The SMILES string of the molecule is CN=C(NCCCOCC1CC1)NCc1ccc(NC(=O)C(C)C)cc1. The Labute approximate surface area is 156 Å². The molecule has 0 heterocycles. The first kappa shape index (κ1) is 20.2. The average Bonchev–Trinajstić information content (AvgIpc) is 3.46. The molecule has 1 aromatic carbocycles. The van der Waals surface area contributed by atoms with Gasteiger partial charge >= 0.3 is 0 Å². The van der Waals surface area contributed by atoms with Crippen LogP contribution in [0.15, 0.2) is 29.3 Å². The van der Waals surface area contributed by atoms with Gasteiger partial charge in [-0.2, -0.15) is 0 Å². The van der Waals surface area contributed by atoms with E-state index in [9.17, 15) is 4.79 Å². The van der Waals surface area contributed by atoms with E-state index in [4.69, 9.17) is 4.74 Å². The molecule has 144 valence electrons. The summed E-state index contributed by atoms with van der Waals surface area (Å²) in [6, 6.07) is 7.85. The monoisotopic (exact) mass is 360 g/mol. The third-order valence-corrected chi connectivity index (χ3v) is 4.24. The number of nitrogens with one attached hydrogen (secondary N) is 3. The molecule has 0 unspecified atom stereocenters. The van der Waals surface area contributed by atoms with E-state index < -0.39 is 0 Å². The van der Waals surface area contributed by atoms with Crippen molar-refractivity contribution in [2.24, 2.45) is 16.8 Å². The molecule has 0 bridgehead atoms. The zero-order valence-electron chi connectivity index (χ0n) is 16.2. The largest absolute Gasteiger partial charge is 0.381 e. The van der Waals surface area contributed by atoms with Gasteiger partial charge in [-0.15, -0.1) is 0 Å². The molecule has 1 aliphatic carbocycles. The van der Waals surface area contributed by atoms with E-state index in [-0.39, 0.29) is 11.8 Å². The van der Waals surface area contributed by atoms with E-state index in [2.05, 4.69) is 20.9 Å². The van der Waals surface area contributed by atoms with E-state index in [1.165, 1.54) is 12.8 Å². The number of ether oxygens (including phenoxy) is 1. The Hall–Kier alpha value is -2.08. The molecule has 6 nitrogen and oxygen atoms in total. The minimum absolute atomic E-state index is 0.0233. The Balaban J connectivity index is 1.62. The van der Waals surface area contributed by atoms with Crippen molar-refractivity contribution in [2.75, 3.05) is 32.1 Å². The maximum absolute atomic E-state index is 11.7. The molecule has 2 rings (SSSR count). The first-order valence-electron chi connectivity index (χ1n) is 9.50. The van der Waals surface area contributed by atoms with Gasteiger partial charge in [0, 0.05) is 45.0 Å². The minimum Gasteiger partial charge on any atom is -0.381 e. The summed E-state index contributed by atoms with van der Waals surface area (Å²) in [5.74, 6) is 1.61. The normalized spacial score (nSPS) is 14.4. The zero-order valence-corrected chi connectivity index (χ0v) is 16.2. The quantitative estimate of drug-likeness (QED) is 0.341. The number of rotatable bonds is 10. The van der Waals surface area contributed by atoms with E-state index in [1.807, 2.05) is 38.1 Å². The summed E-state index contributed by atoms with van der Waals surface area (Å²) in [5.41, 5.74) is 1.95. The molecular formula is C20H32N4O2. The number of hydrogen-bond donors (Lipinski definition) is 3. The van der Waals surface area contributed by atoms with Crippen molar-refractivity contribution >= 4 is 17.6 Å². The molecule has 1 saturated carbocycles. The number of amides is 1. The predicted molar refractivity (Wildman–Crippen MR) is 106 cm³/mol. The van der Waals surface area contributed by atoms with Crippen LogP contribution in [0.2, 0.25) is 0 Å². The van der Waals surface area contributed by atoms with Gasteiger partial charge in [-0.3, -0.25) is 9.79 Å². The van der Waals surface area contributed by atoms with Crippen molar-refractivity contribution in [3.05, 3.63) is 29.8 Å². The van der Waals surface area contributed by atoms with Crippen LogP contribution in [0.3, 0.4) is 0 Å². The zero-order chi connectivity index (χ0) is 18.8. The average molecular weight is 361 g/mol. The molecule has 0 saturated heterocycles. The van der Waals surface area contributed by atoms with Gasteiger partial charge in [-0.1, -0.05) is 26.0 Å². The van der Waals surface area contributed by atoms with E-state index in [1.54, 1.807) is 7.05 Å². The molecule has 1 fully saturated rings. The number of carbonyl (C=O) groups is 1. The number of nitrogens with zero attached hydrogens (tertiary/aromatic N) is 1. The van der Waals surface area contributed by atoms with Crippen LogP contribution in [0.25, 0.3) is 0 Å². The van der Waals surface area contributed by atoms with Gasteiger partial charge in [0.25, 0.3) is 0 Å². The van der Waals surface area contributed by atoms with Crippen molar-refractivity contribution in [1.29, 1.82) is 0 Å². The maximum Gasteiger partial charge on any atom is 0.226 e. The fraction of sp³-hybridized carbons (Fsp3) is 0.600. The highest BCUT2D eigenvalue weighted by Gasteiger charge is 2.20. The number of benzene rings is 1. The Bertz CT molecular complexity index is 580. The fourth-order valence-corrected chi connectivity index (χ4v) is 2.31. The number of carbonyl (C=O) groups excluding carboxylic acids is 1. The molecular weight excluding hydrogens is 328 g/mol. The van der Waals surface area contributed by atoms with Crippen LogP contribution in [0.1, 0.15) is 38.7 Å². The van der Waals surface area contributed by atoms with E-state index in [0.29, 0.717) is 6.54 Å². The van der Waals surface area contributed by atoms with Gasteiger partial charge in [-0.05, 0) is 42.9 Å². The van der Waals surface area contributed by atoms with E-state index >= 15 is 0 Å². The van der Waals surface area contributed by atoms with Crippen LogP contribution in [0.4, 0.5) is 5.69 Å². The Morgan fingerprint density at radius 1 is 1.23 bits per heavy atom. The highest BCUT2D eigenvalue weighted by molar-refractivity contribution is 5.92. The lowest BCUT2D eigenvalue weighted by molar-refractivity contribution is -0.118. The molecule has 26 heavy (non-hydrogen) atoms. The molecule has 3 N–H and O–H groups in total. The van der Waals surface area contributed by atoms with Crippen molar-refractivity contribution < 1.29 is 9.53 Å². The lowest BCUT2D eigenvalue weighted by Gasteiger charge is -2.13. The van der Waals surface area contributed by atoms with Crippen molar-refractivity contribution in [1.82, 2.24) is 10.6 Å². The van der Waals surface area contributed by atoms with Crippen molar-refractivity contribution in [2.45, 2.75) is 39.7 Å². The second-order valence-corrected chi connectivity index (χ2v) is 7.07. The molecule has 1 amide bonds. The molecule has 1 aliphatic rings. The highest BCUT2D eigenvalue weighted by atomic mass is 16.5. The van der Waals surface area contributed by atoms with Crippen LogP contribution < -0.4 is 16.0 Å². The topological polar surface area (TPSA) is 74.8 Å². The van der Waals surface area contributed by atoms with Crippen LogP contribution in [-0.4, -0.2) is 38.7 Å². The van der Waals surface area contributed by atoms with Crippen molar-refractivity contribution in [3.63, 3.8) is 0 Å². The van der Waals surface area contributed by atoms with Gasteiger partial charge in [-0.25, -0.2) is 0 Å². The third-order valence-electron chi connectivity index (χ3n) is 4.24. The lowest BCUT2D eigenvalue weighted by Crippen LogP contribution is -2.37. The van der Waals surface area contributed by atoms with E-state index in [0.717, 1.165) is 49.3 Å². The molecule has 1 aromatic rings.